The maximum absolute atomic E-state index is 13.4. The van der Waals surface area contributed by atoms with E-state index in [1.807, 2.05) is 6.92 Å². The Morgan fingerprint density at radius 1 is 1.23 bits per heavy atom. The SMILES string of the molecule is CCC1CC(C)CC(C)C1(F)F.F. The smallest absolute Gasteiger partial charge is 0.253 e. The van der Waals surface area contributed by atoms with Gasteiger partial charge in [-0.1, -0.05) is 20.8 Å². The number of rotatable bonds is 1. The van der Waals surface area contributed by atoms with Gasteiger partial charge < -0.3 is 0 Å². The normalized spacial score (nSPS) is 38.1. The molecular weight excluding hydrogens is 177 g/mol. The lowest BCUT2D eigenvalue weighted by molar-refractivity contribution is -0.137. The molecule has 1 saturated carbocycles. The fourth-order valence-corrected chi connectivity index (χ4v) is 2.34. The molecule has 3 unspecified atom stereocenters. The van der Waals surface area contributed by atoms with E-state index in [4.69, 9.17) is 0 Å². The molecule has 0 bridgehead atoms. The number of hydrogen-bond donors (Lipinski definition) is 0. The molecule has 0 aromatic heterocycles. The van der Waals surface area contributed by atoms with Crippen molar-refractivity contribution in [3.05, 3.63) is 0 Å². The van der Waals surface area contributed by atoms with E-state index in [1.165, 1.54) is 0 Å². The van der Waals surface area contributed by atoms with E-state index in [-0.39, 0.29) is 10.6 Å². The summed E-state index contributed by atoms with van der Waals surface area (Å²) in [5, 5.41) is 0. The molecule has 0 aromatic rings. The Labute approximate surface area is 78.1 Å². The Morgan fingerprint density at radius 3 is 2.23 bits per heavy atom. The molecule has 13 heavy (non-hydrogen) atoms. The first-order chi connectivity index (χ1) is 5.48. The second-order valence-electron chi connectivity index (χ2n) is 4.26. The lowest BCUT2D eigenvalue weighted by Crippen LogP contribution is -2.41. The van der Waals surface area contributed by atoms with Crippen molar-refractivity contribution in [2.75, 3.05) is 0 Å². The largest absolute Gasteiger partial charge is 0.269 e. The standard InChI is InChI=1S/C10H18F2.FH/c1-4-9-6-7(2)5-8(3)10(9,11)12;/h7-9H,4-6H2,1-3H3;1H. The maximum Gasteiger partial charge on any atom is 0.253 e. The van der Waals surface area contributed by atoms with Gasteiger partial charge in [-0.3, -0.25) is 4.70 Å². The van der Waals surface area contributed by atoms with Crippen LogP contribution in [0.3, 0.4) is 0 Å². The minimum Gasteiger partial charge on any atom is -0.269 e. The molecule has 3 atom stereocenters. The van der Waals surface area contributed by atoms with Crippen LogP contribution in [0.5, 0.6) is 0 Å². The summed E-state index contributed by atoms with van der Waals surface area (Å²) in [4.78, 5) is 0. The van der Waals surface area contributed by atoms with Crippen molar-refractivity contribution in [2.45, 2.75) is 46.0 Å². The molecule has 80 valence electrons. The highest BCUT2D eigenvalue weighted by Gasteiger charge is 2.47. The average Bonchev–Trinajstić information content (AvgIpc) is 1.97. The monoisotopic (exact) mass is 196 g/mol. The zero-order valence-corrected chi connectivity index (χ0v) is 8.52. The van der Waals surface area contributed by atoms with Gasteiger partial charge in [-0.25, -0.2) is 8.78 Å². The van der Waals surface area contributed by atoms with E-state index in [0.29, 0.717) is 25.2 Å². The van der Waals surface area contributed by atoms with Gasteiger partial charge >= 0.3 is 0 Å². The van der Waals surface area contributed by atoms with Crippen LogP contribution in [0, 0.1) is 17.8 Å². The predicted molar refractivity (Wildman–Crippen MR) is 48.8 cm³/mol. The molecule has 0 saturated heterocycles. The highest BCUT2D eigenvalue weighted by Crippen LogP contribution is 2.46. The van der Waals surface area contributed by atoms with Crippen molar-refractivity contribution in [1.82, 2.24) is 0 Å². The molecule has 0 N–H and O–H groups in total. The first kappa shape index (κ1) is 12.8. The van der Waals surface area contributed by atoms with E-state index in [9.17, 15) is 8.78 Å². The summed E-state index contributed by atoms with van der Waals surface area (Å²) in [5.41, 5.74) is 0. The molecule has 3 heteroatoms. The first-order valence-corrected chi connectivity index (χ1v) is 4.86. The minimum atomic E-state index is -2.42. The van der Waals surface area contributed by atoms with Crippen LogP contribution in [0.1, 0.15) is 40.0 Å². The van der Waals surface area contributed by atoms with E-state index >= 15 is 0 Å². The summed E-state index contributed by atoms with van der Waals surface area (Å²) in [6.07, 6.45) is 2.00. The fraction of sp³-hybridized carbons (Fsp3) is 1.00. The molecule has 0 aromatic carbocycles. The van der Waals surface area contributed by atoms with Crippen LogP contribution in [0.25, 0.3) is 0 Å². The quantitative estimate of drug-likeness (QED) is 0.597. The Bertz CT molecular complexity index is 156. The number of halogens is 3. The molecule has 1 rings (SSSR count). The molecule has 1 aliphatic rings. The second kappa shape index (κ2) is 4.34. The van der Waals surface area contributed by atoms with Crippen LogP contribution in [0.15, 0.2) is 0 Å². The third-order valence-electron chi connectivity index (χ3n) is 3.14. The topological polar surface area (TPSA) is 0 Å². The van der Waals surface area contributed by atoms with Crippen LogP contribution in [-0.4, -0.2) is 5.92 Å². The zero-order chi connectivity index (χ0) is 9.35. The lowest BCUT2D eigenvalue weighted by atomic mass is 9.73. The van der Waals surface area contributed by atoms with Crippen LogP contribution in [0.2, 0.25) is 0 Å². The molecule has 0 spiro atoms. The Hall–Kier alpha value is -0.210. The summed E-state index contributed by atoms with van der Waals surface area (Å²) in [6.45, 7) is 5.62. The van der Waals surface area contributed by atoms with Gasteiger partial charge in [-0.2, -0.15) is 0 Å². The van der Waals surface area contributed by atoms with Crippen LogP contribution in [0.4, 0.5) is 13.5 Å². The van der Waals surface area contributed by atoms with Crippen molar-refractivity contribution in [3.8, 4) is 0 Å². The third-order valence-corrected chi connectivity index (χ3v) is 3.14. The van der Waals surface area contributed by atoms with Crippen LogP contribution < -0.4 is 0 Å². The van der Waals surface area contributed by atoms with Crippen molar-refractivity contribution in [1.29, 1.82) is 0 Å². The second-order valence-corrected chi connectivity index (χ2v) is 4.26. The Kier molecular flexibility index (Phi) is 4.27. The van der Waals surface area contributed by atoms with Gasteiger partial charge in [-0.05, 0) is 25.2 Å². The molecular formula is C10H19F3. The molecule has 0 heterocycles. The van der Waals surface area contributed by atoms with Crippen molar-refractivity contribution < 1.29 is 13.5 Å². The van der Waals surface area contributed by atoms with Gasteiger partial charge in [0.1, 0.15) is 0 Å². The molecule has 0 aliphatic heterocycles. The van der Waals surface area contributed by atoms with E-state index < -0.39 is 11.8 Å². The van der Waals surface area contributed by atoms with E-state index in [0.717, 1.165) is 0 Å². The third kappa shape index (κ3) is 2.38. The van der Waals surface area contributed by atoms with Crippen LogP contribution in [-0.2, 0) is 0 Å². The summed E-state index contributed by atoms with van der Waals surface area (Å²) in [7, 11) is 0. The summed E-state index contributed by atoms with van der Waals surface area (Å²) < 4.78 is 26.9. The maximum atomic E-state index is 13.4. The fourth-order valence-electron chi connectivity index (χ4n) is 2.34. The lowest BCUT2D eigenvalue weighted by Gasteiger charge is -2.39. The Balaban J connectivity index is 0.00000144. The minimum absolute atomic E-state index is 0. The van der Waals surface area contributed by atoms with Gasteiger partial charge in [0.15, 0.2) is 0 Å². The van der Waals surface area contributed by atoms with Gasteiger partial charge in [0.05, 0.1) is 0 Å². The molecule has 0 radical (unpaired) electrons. The first-order valence-electron chi connectivity index (χ1n) is 4.86. The molecule has 0 amide bonds. The summed E-state index contributed by atoms with van der Waals surface area (Å²) in [6, 6.07) is 0. The van der Waals surface area contributed by atoms with Gasteiger partial charge in [0.25, 0.3) is 5.92 Å². The highest BCUT2D eigenvalue weighted by atomic mass is 19.3. The zero-order valence-electron chi connectivity index (χ0n) is 8.52. The van der Waals surface area contributed by atoms with Gasteiger partial charge in [-0.15, -0.1) is 0 Å². The average molecular weight is 196 g/mol. The van der Waals surface area contributed by atoms with Crippen LogP contribution >= 0.6 is 0 Å². The van der Waals surface area contributed by atoms with Crippen molar-refractivity contribution in [3.63, 3.8) is 0 Å². The van der Waals surface area contributed by atoms with Gasteiger partial charge in [0, 0.05) is 11.8 Å². The van der Waals surface area contributed by atoms with Crippen molar-refractivity contribution in [2.24, 2.45) is 17.8 Å². The molecule has 1 fully saturated rings. The highest BCUT2D eigenvalue weighted by molar-refractivity contribution is 4.88. The molecule has 0 nitrogen and oxygen atoms in total. The number of hydrogen-bond acceptors (Lipinski definition) is 0. The summed E-state index contributed by atoms with van der Waals surface area (Å²) >= 11 is 0. The van der Waals surface area contributed by atoms with Crippen molar-refractivity contribution >= 4 is 0 Å². The van der Waals surface area contributed by atoms with Gasteiger partial charge in [0.2, 0.25) is 0 Å². The Morgan fingerprint density at radius 2 is 1.77 bits per heavy atom. The summed E-state index contributed by atoms with van der Waals surface area (Å²) in [5.74, 6) is -2.74. The number of alkyl halides is 2. The van der Waals surface area contributed by atoms with E-state index in [2.05, 4.69) is 6.92 Å². The molecule has 1 aliphatic carbocycles. The van der Waals surface area contributed by atoms with E-state index in [1.54, 1.807) is 6.92 Å². The predicted octanol–water partition coefficient (Wildman–Crippen LogP) is 3.87.